The number of anilines is 2. The molecule has 7 heteroatoms. The third kappa shape index (κ3) is 6.48. The van der Waals surface area contributed by atoms with E-state index in [1.165, 1.54) is 16.8 Å². The summed E-state index contributed by atoms with van der Waals surface area (Å²) in [6.07, 6.45) is 4.69. The summed E-state index contributed by atoms with van der Waals surface area (Å²) in [5.74, 6) is -0.582. The summed E-state index contributed by atoms with van der Waals surface area (Å²) in [5.41, 5.74) is 5.94. The van der Waals surface area contributed by atoms with Gasteiger partial charge in [-0.25, -0.2) is 0 Å². The molecule has 1 aliphatic carbocycles. The Hall–Kier alpha value is -4.13. The number of rotatable bonds is 8. The summed E-state index contributed by atoms with van der Waals surface area (Å²) in [6.45, 7) is 5.70. The summed E-state index contributed by atoms with van der Waals surface area (Å²) in [7, 11) is 0. The molecule has 3 aromatic rings. The van der Waals surface area contributed by atoms with Gasteiger partial charge in [-0.1, -0.05) is 43.3 Å². The molecule has 0 radical (unpaired) electrons. The summed E-state index contributed by atoms with van der Waals surface area (Å²) in [4.78, 5) is 26.7. The number of nitrogens with one attached hydrogen (secondary N) is 1. The molecule has 1 amide bonds. The molecule has 3 aromatic carbocycles. The predicted octanol–water partition coefficient (Wildman–Crippen LogP) is 5.63. The summed E-state index contributed by atoms with van der Waals surface area (Å²) < 4.78 is 0. The first-order chi connectivity index (χ1) is 19.0. The number of aliphatic carboxylic acids is 1. The monoisotopic (exact) mass is 524 g/mol. The van der Waals surface area contributed by atoms with Gasteiger partial charge in [0.15, 0.2) is 0 Å². The van der Waals surface area contributed by atoms with E-state index in [9.17, 15) is 14.7 Å². The third-order valence-corrected chi connectivity index (χ3v) is 7.95. The van der Waals surface area contributed by atoms with Crippen LogP contribution in [0.25, 0.3) is 0 Å². The number of piperazine rings is 1. The summed E-state index contributed by atoms with van der Waals surface area (Å²) >= 11 is 0. The van der Waals surface area contributed by atoms with Crippen molar-refractivity contribution in [2.45, 2.75) is 38.5 Å². The normalized spacial score (nSPS) is 19.1. The molecule has 1 aliphatic heterocycles. The smallest absolute Gasteiger partial charge is 0.303 e. The average molecular weight is 525 g/mol. The quantitative estimate of drug-likeness (QED) is 0.373. The van der Waals surface area contributed by atoms with Crippen molar-refractivity contribution >= 4 is 29.5 Å². The van der Waals surface area contributed by atoms with Gasteiger partial charge in [0.2, 0.25) is 0 Å². The standard InChI is InChI=1S/C32H36N4O3/c1-2-29-26(20-31(37)38)13-12-24-14-15-27(21-30(24)29)34-32(39)25-10-8-23(9-11-25)22-33-36-18-16-35(17-19-36)28-6-4-3-5-7-28/h3-11,14-15,21-22,26,29H,2,12-13,16-20H2,1H3,(H,34,39)(H,37,38). The minimum Gasteiger partial charge on any atom is -0.481 e. The van der Waals surface area contributed by atoms with Crippen molar-refractivity contribution in [3.05, 3.63) is 95.1 Å². The Morgan fingerprint density at radius 3 is 2.44 bits per heavy atom. The fourth-order valence-electron chi connectivity index (χ4n) is 5.84. The minimum atomic E-state index is -0.745. The number of benzene rings is 3. The summed E-state index contributed by atoms with van der Waals surface area (Å²) in [5, 5.41) is 19.1. The van der Waals surface area contributed by atoms with Crippen molar-refractivity contribution in [3.8, 4) is 0 Å². The molecule has 7 nitrogen and oxygen atoms in total. The molecule has 39 heavy (non-hydrogen) atoms. The zero-order valence-corrected chi connectivity index (χ0v) is 22.4. The molecular formula is C32H36N4O3. The second kappa shape index (κ2) is 12.2. The number of aryl methyl sites for hydroxylation is 1. The van der Waals surface area contributed by atoms with E-state index in [4.69, 9.17) is 0 Å². The molecule has 5 rings (SSSR count). The number of amides is 1. The predicted molar refractivity (Wildman–Crippen MR) is 156 cm³/mol. The van der Waals surface area contributed by atoms with Gasteiger partial charge < -0.3 is 15.3 Å². The van der Waals surface area contributed by atoms with Crippen LogP contribution in [-0.4, -0.2) is 54.4 Å². The van der Waals surface area contributed by atoms with Gasteiger partial charge >= 0.3 is 5.97 Å². The number of fused-ring (bicyclic) bond motifs is 1. The molecule has 1 saturated heterocycles. The highest BCUT2D eigenvalue weighted by molar-refractivity contribution is 6.04. The van der Waals surface area contributed by atoms with Crippen LogP contribution in [0.2, 0.25) is 0 Å². The van der Waals surface area contributed by atoms with Crippen molar-refractivity contribution < 1.29 is 14.7 Å². The third-order valence-electron chi connectivity index (χ3n) is 7.95. The maximum Gasteiger partial charge on any atom is 0.303 e. The van der Waals surface area contributed by atoms with Gasteiger partial charge in [0.05, 0.1) is 19.3 Å². The van der Waals surface area contributed by atoms with Gasteiger partial charge in [0, 0.05) is 36.4 Å². The van der Waals surface area contributed by atoms with Crippen molar-refractivity contribution in [2.24, 2.45) is 11.0 Å². The van der Waals surface area contributed by atoms with Crippen LogP contribution in [0.1, 0.15) is 59.2 Å². The van der Waals surface area contributed by atoms with E-state index >= 15 is 0 Å². The number of carbonyl (C=O) groups excluding carboxylic acids is 1. The van der Waals surface area contributed by atoms with Crippen LogP contribution >= 0.6 is 0 Å². The first kappa shape index (κ1) is 26.5. The van der Waals surface area contributed by atoms with Crippen LogP contribution in [0, 0.1) is 5.92 Å². The maximum absolute atomic E-state index is 13.0. The van der Waals surface area contributed by atoms with Gasteiger partial charge in [-0.05, 0) is 84.2 Å². The number of carboxylic acid groups (broad SMARTS) is 1. The Balaban J connectivity index is 1.17. The molecule has 2 unspecified atom stereocenters. The van der Waals surface area contributed by atoms with Crippen LogP contribution in [0.3, 0.4) is 0 Å². The highest BCUT2D eigenvalue weighted by Gasteiger charge is 2.30. The number of hydrogen-bond acceptors (Lipinski definition) is 5. The lowest BCUT2D eigenvalue weighted by molar-refractivity contribution is -0.138. The van der Waals surface area contributed by atoms with E-state index in [0.29, 0.717) is 5.56 Å². The molecular weight excluding hydrogens is 488 g/mol. The van der Waals surface area contributed by atoms with E-state index in [1.807, 2.05) is 48.7 Å². The van der Waals surface area contributed by atoms with Crippen molar-refractivity contribution in [3.63, 3.8) is 0 Å². The highest BCUT2D eigenvalue weighted by Crippen LogP contribution is 2.41. The molecule has 1 fully saturated rings. The van der Waals surface area contributed by atoms with E-state index in [1.54, 1.807) is 0 Å². The molecule has 0 spiro atoms. The summed E-state index contributed by atoms with van der Waals surface area (Å²) in [6, 6.07) is 24.0. The Kier molecular flexibility index (Phi) is 8.25. The van der Waals surface area contributed by atoms with Crippen LogP contribution in [-0.2, 0) is 11.2 Å². The molecule has 202 valence electrons. The molecule has 0 saturated carbocycles. The zero-order chi connectivity index (χ0) is 27.2. The Morgan fingerprint density at radius 1 is 1.00 bits per heavy atom. The Labute approximate surface area is 230 Å². The van der Waals surface area contributed by atoms with Gasteiger partial charge in [-0.3, -0.25) is 14.6 Å². The number of para-hydroxylation sites is 1. The topological polar surface area (TPSA) is 85.2 Å². The van der Waals surface area contributed by atoms with Crippen molar-refractivity contribution in [2.75, 3.05) is 36.4 Å². The molecule has 0 aromatic heterocycles. The lowest BCUT2D eigenvalue weighted by Crippen LogP contribution is -2.44. The molecule has 0 bridgehead atoms. The van der Waals surface area contributed by atoms with E-state index in [0.717, 1.165) is 56.7 Å². The van der Waals surface area contributed by atoms with E-state index < -0.39 is 5.97 Å². The maximum atomic E-state index is 13.0. The number of hydrogen-bond donors (Lipinski definition) is 2. The second-order valence-corrected chi connectivity index (χ2v) is 10.4. The van der Waals surface area contributed by atoms with Crippen LogP contribution in [0.5, 0.6) is 0 Å². The number of nitrogens with zero attached hydrogens (tertiary/aromatic N) is 3. The number of carboxylic acids is 1. The molecule has 1 heterocycles. The van der Waals surface area contributed by atoms with Gasteiger partial charge in [-0.2, -0.15) is 5.10 Å². The SMILES string of the molecule is CCC1c2cc(NC(=O)c3ccc(C=NN4CCN(c5ccccc5)CC4)cc3)ccc2CCC1CC(=O)O. The van der Waals surface area contributed by atoms with Crippen molar-refractivity contribution in [1.82, 2.24) is 5.01 Å². The number of carbonyl (C=O) groups is 2. The van der Waals surface area contributed by atoms with E-state index in [-0.39, 0.29) is 24.2 Å². The molecule has 2 aliphatic rings. The van der Waals surface area contributed by atoms with Crippen LogP contribution in [0.15, 0.2) is 77.9 Å². The van der Waals surface area contributed by atoms with Crippen LogP contribution in [0.4, 0.5) is 11.4 Å². The molecule has 2 atom stereocenters. The lowest BCUT2D eigenvalue weighted by Gasteiger charge is -2.34. The first-order valence-electron chi connectivity index (χ1n) is 13.8. The Bertz CT molecular complexity index is 1320. The average Bonchev–Trinajstić information content (AvgIpc) is 2.96. The highest BCUT2D eigenvalue weighted by atomic mass is 16.4. The van der Waals surface area contributed by atoms with Gasteiger partial charge in [0.1, 0.15) is 0 Å². The second-order valence-electron chi connectivity index (χ2n) is 10.4. The Morgan fingerprint density at radius 2 is 1.74 bits per heavy atom. The fraction of sp³-hybridized carbons (Fsp3) is 0.344. The van der Waals surface area contributed by atoms with Gasteiger partial charge in [-0.15, -0.1) is 0 Å². The van der Waals surface area contributed by atoms with E-state index in [2.05, 4.69) is 57.6 Å². The lowest BCUT2D eigenvalue weighted by atomic mass is 9.72. The van der Waals surface area contributed by atoms with Gasteiger partial charge in [0.25, 0.3) is 5.91 Å². The number of hydrazone groups is 1. The van der Waals surface area contributed by atoms with Crippen molar-refractivity contribution in [1.29, 1.82) is 0 Å². The largest absolute Gasteiger partial charge is 0.481 e. The molecule has 2 N–H and O–H groups in total. The fourth-order valence-corrected chi connectivity index (χ4v) is 5.84. The minimum absolute atomic E-state index is 0.132. The zero-order valence-electron chi connectivity index (χ0n) is 22.4. The van der Waals surface area contributed by atoms with Crippen LogP contribution < -0.4 is 10.2 Å². The first-order valence-corrected chi connectivity index (χ1v) is 13.8.